The van der Waals surface area contributed by atoms with E-state index in [2.05, 4.69) is 5.32 Å². The maximum atomic E-state index is 11.9. The molecule has 2 N–H and O–H groups in total. The van der Waals surface area contributed by atoms with Crippen LogP contribution in [0.1, 0.15) is 16.8 Å². The van der Waals surface area contributed by atoms with Gasteiger partial charge in [0.1, 0.15) is 12.7 Å². The van der Waals surface area contributed by atoms with E-state index >= 15 is 0 Å². The van der Waals surface area contributed by atoms with E-state index in [1.54, 1.807) is 11.4 Å². The van der Waals surface area contributed by atoms with Gasteiger partial charge in [-0.2, -0.15) is 11.3 Å². The van der Waals surface area contributed by atoms with Gasteiger partial charge in [-0.05, 0) is 17.9 Å². The summed E-state index contributed by atoms with van der Waals surface area (Å²) in [4.78, 5) is 22.4. The highest BCUT2D eigenvalue weighted by atomic mass is 32.1. The van der Waals surface area contributed by atoms with Crippen LogP contribution in [0.2, 0.25) is 0 Å². The number of carbonyl (C=O) groups excluding carboxylic acids is 1. The second kappa shape index (κ2) is 6.65. The zero-order chi connectivity index (χ0) is 13.7. The molecule has 2 atom stereocenters. The van der Waals surface area contributed by atoms with Gasteiger partial charge < -0.3 is 19.9 Å². The Kier molecular flexibility index (Phi) is 4.89. The lowest BCUT2D eigenvalue weighted by Crippen LogP contribution is -2.50. The molecule has 1 fully saturated rings. The van der Waals surface area contributed by atoms with Crippen molar-refractivity contribution in [1.29, 1.82) is 0 Å². The SMILES string of the molecule is O=C(O)CO[C@@H]1COCC[C@H]1NC(=O)c1ccsc1. The third kappa shape index (κ3) is 4.02. The third-order valence-corrected chi connectivity index (χ3v) is 3.51. The van der Waals surface area contributed by atoms with E-state index in [1.807, 2.05) is 5.38 Å². The fraction of sp³-hybridized carbons (Fsp3) is 0.500. The number of carbonyl (C=O) groups is 2. The third-order valence-electron chi connectivity index (χ3n) is 2.82. The standard InChI is InChI=1S/C12H15NO5S/c14-11(15)6-18-10-5-17-3-1-9(10)13-12(16)8-2-4-19-7-8/h2,4,7,9-10H,1,3,5-6H2,(H,13,16)(H,14,15)/t9-,10-/m1/s1. The molecule has 0 aliphatic carbocycles. The molecule has 2 heterocycles. The highest BCUT2D eigenvalue weighted by Crippen LogP contribution is 2.13. The molecule has 1 aromatic heterocycles. The van der Waals surface area contributed by atoms with Crippen molar-refractivity contribution in [2.45, 2.75) is 18.6 Å². The van der Waals surface area contributed by atoms with Crippen molar-refractivity contribution in [1.82, 2.24) is 5.32 Å². The monoisotopic (exact) mass is 285 g/mol. The molecule has 104 valence electrons. The number of amides is 1. The summed E-state index contributed by atoms with van der Waals surface area (Å²) in [5.74, 6) is -1.20. The van der Waals surface area contributed by atoms with Crippen LogP contribution in [-0.2, 0) is 14.3 Å². The molecule has 0 spiro atoms. The van der Waals surface area contributed by atoms with Crippen LogP contribution in [0.25, 0.3) is 0 Å². The molecule has 0 radical (unpaired) electrons. The average molecular weight is 285 g/mol. The van der Waals surface area contributed by atoms with Gasteiger partial charge >= 0.3 is 5.97 Å². The Balaban J connectivity index is 1.91. The summed E-state index contributed by atoms with van der Waals surface area (Å²) < 4.78 is 10.5. The van der Waals surface area contributed by atoms with Crippen LogP contribution in [0.15, 0.2) is 16.8 Å². The number of rotatable bonds is 5. The zero-order valence-electron chi connectivity index (χ0n) is 10.2. The smallest absolute Gasteiger partial charge is 0.329 e. The quantitative estimate of drug-likeness (QED) is 0.833. The largest absolute Gasteiger partial charge is 0.480 e. The van der Waals surface area contributed by atoms with Gasteiger partial charge in [-0.1, -0.05) is 0 Å². The summed E-state index contributed by atoms with van der Waals surface area (Å²) in [6.45, 7) is 0.433. The van der Waals surface area contributed by atoms with Gasteiger partial charge in [-0.3, -0.25) is 4.79 Å². The van der Waals surface area contributed by atoms with E-state index in [-0.39, 0.29) is 11.9 Å². The number of hydrogen-bond donors (Lipinski definition) is 2. The highest BCUT2D eigenvalue weighted by Gasteiger charge is 2.28. The van der Waals surface area contributed by atoms with Crippen molar-refractivity contribution >= 4 is 23.2 Å². The first-order valence-corrected chi connectivity index (χ1v) is 6.85. The number of carboxylic acid groups (broad SMARTS) is 1. The highest BCUT2D eigenvalue weighted by molar-refractivity contribution is 7.08. The van der Waals surface area contributed by atoms with Gasteiger partial charge in [0.2, 0.25) is 0 Å². The summed E-state index contributed by atoms with van der Waals surface area (Å²) in [5.41, 5.74) is 0.605. The zero-order valence-corrected chi connectivity index (χ0v) is 11.0. The lowest BCUT2D eigenvalue weighted by Gasteiger charge is -2.31. The number of hydrogen-bond acceptors (Lipinski definition) is 5. The Morgan fingerprint density at radius 3 is 3.11 bits per heavy atom. The lowest BCUT2D eigenvalue weighted by atomic mass is 10.1. The summed E-state index contributed by atoms with van der Waals surface area (Å²) in [6.07, 6.45) is 0.188. The van der Waals surface area contributed by atoms with Crippen LogP contribution >= 0.6 is 11.3 Å². The maximum Gasteiger partial charge on any atom is 0.329 e. The van der Waals surface area contributed by atoms with Crippen LogP contribution < -0.4 is 5.32 Å². The van der Waals surface area contributed by atoms with E-state index < -0.39 is 18.7 Å². The summed E-state index contributed by atoms with van der Waals surface area (Å²) in [6, 6.07) is 1.52. The fourth-order valence-corrected chi connectivity index (χ4v) is 2.50. The van der Waals surface area contributed by atoms with E-state index in [1.165, 1.54) is 11.3 Å². The fourth-order valence-electron chi connectivity index (χ4n) is 1.86. The normalized spacial score (nSPS) is 22.9. The average Bonchev–Trinajstić information content (AvgIpc) is 2.91. The Bertz CT molecular complexity index is 433. The molecule has 1 aromatic rings. The van der Waals surface area contributed by atoms with Crippen LogP contribution in [-0.4, -0.2) is 48.9 Å². The number of carboxylic acids is 1. The van der Waals surface area contributed by atoms with Crippen molar-refractivity contribution < 1.29 is 24.2 Å². The van der Waals surface area contributed by atoms with Gasteiger partial charge in [0.15, 0.2) is 0 Å². The summed E-state index contributed by atoms with van der Waals surface area (Å²) in [5, 5.41) is 15.1. The van der Waals surface area contributed by atoms with E-state index in [0.29, 0.717) is 25.2 Å². The van der Waals surface area contributed by atoms with Crippen LogP contribution in [0, 0.1) is 0 Å². The van der Waals surface area contributed by atoms with Crippen molar-refractivity contribution in [2.24, 2.45) is 0 Å². The number of nitrogens with one attached hydrogen (secondary N) is 1. The lowest BCUT2D eigenvalue weighted by molar-refractivity contribution is -0.148. The van der Waals surface area contributed by atoms with Crippen molar-refractivity contribution in [3.8, 4) is 0 Å². The molecular weight excluding hydrogens is 270 g/mol. The van der Waals surface area contributed by atoms with Crippen LogP contribution in [0.4, 0.5) is 0 Å². The molecule has 1 aliphatic rings. The van der Waals surface area contributed by atoms with Crippen molar-refractivity contribution in [3.63, 3.8) is 0 Å². The van der Waals surface area contributed by atoms with E-state index in [9.17, 15) is 9.59 Å². The van der Waals surface area contributed by atoms with Gasteiger partial charge in [0.05, 0.1) is 12.6 Å². The minimum Gasteiger partial charge on any atom is -0.480 e. The minimum absolute atomic E-state index is 0.169. The molecule has 1 saturated heterocycles. The van der Waals surface area contributed by atoms with Crippen LogP contribution in [0.5, 0.6) is 0 Å². The number of thiophene rings is 1. The molecule has 0 saturated carbocycles. The molecule has 0 unspecified atom stereocenters. The Hall–Kier alpha value is -1.44. The van der Waals surface area contributed by atoms with Gasteiger partial charge in [-0.15, -0.1) is 0 Å². The molecule has 19 heavy (non-hydrogen) atoms. The molecule has 0 aromatic carbocycles. The predicted octanol–water partition coefficient (Wildman–Crippen LogP) is 0.737. The summed E-state index contributed by atoms with van der Waals surface area (Å²) >= 11 is 1.45. The van der Waals surface area contributed by atoms with Gasteiger partial charge in [0, 0.05) is 17.6 Å². The molecular formula is C12H15NO5S. The van der Waals surface area contributed by atoms with Gasteiger partial charge in [0.25, 0.3) is 5.91 Å². The maximum absolute atomic E-state index is 11.9. The van der Waals surface area contributed by atoms with Crippen LogP contribution in [0.3, 0.4) is 0 Å². The van der Waals surface area contributed by atoms with E-state index in [0.717, 1.165) is 0 Å². The number of aliphatic carboxylic acids is 1. The Labute approximate surface area is 114 Å². The first kappa shape index (κ1) is 14.0. The van der Waals surface area contributed by atoms with Crippen molar-refractivity contribution in [2.75, 3.05) is 19.8 Å². The second-order valence-corrected chi connectivity index (χ2v) is 4.98. The first-order chi connectivity index (χ1) is 9.16. The topological polar surface area (TPSA) is 84.9 Å². The molecule has 2 rings (SSSR count). The van der Waals surface area contributed by atoms with Gasteiger partial charge in [-0.25, -0.2) is 4.79 Å². The first-order valence-electron chi connectivity index (χ1n) is 5.91. The van der Waals surface area contributed by atoms with E-state index in [4.69, 9.17) is 14.6 Å². The summed E-state index contributed by atoms with van der Waals surface area (Å²) in [7, 11) is 0. The number of ether oxygens (including phenoxy) is 2. The Morgan fingerprint density at radius 1 is 1.58 bits per heavy atom. The molecule has 1 amide bonds. The minimum atomic E-state index is -1.03. The molecule has 1 aliphatic heterocycles. The molecule has 0 bridgehead atoms. The molecule has 6 nitrogen and oxygen atoms in total. The Morgan fingerprint density at radius 2 is 2.42 bits per heavy atom. The van der Waals surface area contributed by atoms with Crippen molar-refractivity contribution in [3.05, 3.63) is 22.4 Å². The predicted molar refractivity (Wildman–Crippen MR) is 68.4 cm³/mol. The second-order valence-electron chi connectivity index (χ2n) is 4.20. The molecule has 7 heteroatoms.